The topological polar surface area (TPSA) is 81.4 Å². The summed E-state index contributed by atoms with van der Waals surface area (Å²) < 4.78 is 31.4. The van der Waals surface area contributed by atoms with Crippen LogP contribution in [0.2, 0.25) is 0 Å². The van der Waals surface area contributed by atoms with E-state index in [1.165, 1.54) is 19.2 Å². The molecule has 0 radical (unpaired) electrons. The Morgan fingerprint density at radius 3 is 2.71 bits per heavy atom. The Hall–Kier alpha value is -1.27. The van der Waals surface area contributed by atoms with Crippen molar-refractivity contribution in [3.63, 3.8) is 0 Å². The fraction of sp³-hybridized carbons (Fsp3) is 0.455. The van der Waals surface area contributed by atoms with E-state index in [-0.39, 0.29) is 4.90 Å². The Morgan fingerprint density at radius 1 is 1.47 bits per heavy atom. The van der Waals surface area contributed by atoms with Crippen LogP contribution in [0, 0.1) is 5.92 Å². The van der Waals surface area contributed by atoms with E-state index in [0.717, 1.165) is 12.8 Å². The minimum Gasteiger partial charge on any atom is -0.495 e. The Bertz CT molecular complexity index is 509. The molecule has 1 aliphatic rings. The lowest BCUT2D eigenvalue weighted by atomic mass is 10.3. The molecule has 0 aromatic heterocycles. The molecule has 0 bridgehead atoms. The predicted molar refractivity (Wildman–Crippen MR) is 65.3 cm³/mol. The number of ether oxygens (including phenoxy) is 1. The predicted octanol–water partition coefficient (Wildman–Crippen LogP) is 0.966. The summed E-state index contributed by atoms with van der Waals surface area (Å²) in [4.78, 5) is 0.177. The molecule has 1 fully saturated rings. The van der Waals surface area contributed by atoms with Gasteiger partial charge in [-0.2, -0.15) is 0 Å². The van der Waals surface area contributed by atoms with E-state index < -0.39 is 10.0 Å². The average molecular weight is 256 g/mol. The molecular weight excluding hydrogens is 240 g/mol. The number of benzene rings is 1. The largest absolute Gasteiger partial charge is 0.495 e. The third kappa shape index (κ3) is 2.89. The fourth-order valence-corrected chi connectivity index (χ4v) is 2.66. The highest BCUT2D eigenvalue weighted by Gasteiger charge is 2.24. The molecule has 0 atom stereocenters. The van der Waals surface area contributed by atoms with Crippen LogP contribution in [-0.2, 0) is 10.0 Å². The van der Waals surface area contributed by atoms with Gasteiger partial charge in [-0.1, -0.05) is 0 Å². The van der Waals surface area contributed by atoms with Crippen LogP contribution in [0.25, 0.3) is 0 Å². The van der Waals surface area contributed by atoms with Gasteiger partial charge in [-0.25, -0.2) is 13.1 Å². The van der Waals surface area contributed by atoms with E-state index in [4.69, 9.17) is 10.5 Å². The van der Waals surface area contributed by atoms with Crippen LogP contribution in [-0.4, -0.2) is 22.1 Å². The summed E-state index contributed by atoms with van der Waals surface area (Å²) in [6.07, 6.45) is 2.21. The van der Waals surface area contributed by atoms with Crippen molar-refractivity contribution >= 4 is 15.7 Å². The molecule has 94 valence electrons. The van der Waals surface area contributed by atoms with E-state index in [1.54, 1.807) is 6.07 Å². The van der Waals surface area contributed by atoms with Crippen molar-refractivity contribution in [1.29, 1.82) is 0 Å². The maximum Gasteiger partial charge on any atom is 0.240 e. The maximum atomic E-state index is 11.9. The first-order chi connectivity index (χ1) is 8.03. The van der Waals surface area contributed by atoms with Crippen LogP contribution in [0.5, 0.6) is 5.75 Å². The first-order valence-electron chi connectivity index (χ1n) is 5.46. The van der Waals surface area contributed by atoms with Gasteiger partial charge in [0.05, 0.1) is 17.7 Å². The lowest BCUT2D eigenvalue weighted by molar-refractivity contribution is 0.416. The van der Waals surface area contributed by atoms with Crippen molar-refractivity contribution in [3.8, 4) is 5.75 Å². The standard InChI is InChI=1S/C11H16N2O3S/c1-16-11-5-4-9(6-10(11)12)17(14,15)13-7-8-2-3-8/h4-6,8,13H,2-3,7,12H2,1H3. The van der Waals surface area contributed by atoms with Gasteiger partial charge in [-0.15, -0.1) is 0 Å². The second-order valence-electron chi connectivity index (χ2n) is 4.20. The lowest BCUT2D eigenvalue weighted by Gasteiger charge is -2.09. The Morgan fingerprint density at radius 2 is 2.18 bits per heavy atom. The van der Waals surface area contributed by atoms with Crippen LogP contribution in [0.1, 0.15) is 12.8 Å². The highest BCUT2D eigenvalue weighted by Crippen LogP contribution is 2.29. The molecule has 2 rings (SSSR count). The van der Waals surface area contributed by atoms with Gasteiger partial charge in [0.15, 0.2) is 0 Å². The van der Waals surface area contributed by atoms with Crippen molar-refractivity contribution in [1.82, 2.24) is 4.72 Å². The van der Waals surface area contributed by atoms with Crippen LogP contribution in [0.4, 0.5) is 5.69 Å². The molecule has 1 aromatic rings. The number of rotatable bonds is 5. The number of nitrogens with two attached hydrogens (primary N) is 1. The van der Waals surface area contributed by atoms with Crippen LogP contribution in [0.3, 0.4) is 0 Å². The SMILES string of the molecule is COc1ccc(S(=O)(=O)NCC2CC2)cc1N. The van der Waals surface area contributed by atoms with Crippen molar-refractivity contribution in [2.45, 2.75) is 17.7 Å². The average Bonchev–Trinajstić information content (AvgIpc) is 3.10. The van der Waals surface area contributed by atoms with Crippen molar-refractivity contribution in [2.24, 2.45) is 5.92 Å². The normalized spacial score (nSPS) is 15.8. The molecule has 6 heteroatoms. The fourth-order valence-electron chi connectivity index (χ4n) is 1.51. The summed E-state index contributed by atoms with van der Waals surface area (Å²) in [6, 6.07) is 4.46. The first-order valence-corrected chi connectivity index (χ1v) is 6.94. The molecule has 1 aliphatic carbocycles. The zero-order valence-corrected chi connectivity index (χ0v) is 10.5. The maximum absolute atomic E-state index is 11.9. The second kappa shape index (κ2) is 4.54. The number of hydrogen-bond acceptors (Lipinski definition) is 4. The van der Waals surface area contributed by atoms with Gasteiger partial charge < -0.3 is 10.5 Å². The van der Waals surface area contributed by atoms with E-state index >= 15 is 0 Å². The van der Waals surface area contributed by atoms with Gasteiger partial charge in [0.1, 0.15) is 5.75 Å². The number of nitrogen functional groups attached to an aromatic ring is 1. The van der Waals surface area contributed by atoms with Crippen molar-refractivity contribution in [3.05, 3.63) is 18.2 Å². The monoisotopic (exact) mass is 256 g/mol. The highest BCUT2D eigenvalue weighted by atomic mass is 32.2. The van der Waals surface area contributed by atoms with E-state index in [9.17, 15) is 8.42 Å². The molecule has 17 heavy (non-hydrogen) atoms. The molecule has 0 amide bonds. The Labute approximate surface area is 101 Å². The van der Waals surface area contributed by atoms with Gasteiger partial charge in [0.25, 0.3) is 0 Å². The summed E-state index contributed by atoms with van der Waals surface area (Å²) in [5, 5.41) is 0. The third-order valence-electron chi connectivity index (χ3n) is 2.77. The Kier molecular flexibility index (Phi) is 3.26. The van der Waals surface area contributed by atoms with E-state index in [0.29, 0.717) is 23.9 Å². The number of nitrogens with one attached hydrogen (secondary N) is 1. The number of anilines is 1. The molecule has 0 unspecified atom stereocenters. The molecule has 5 nitrogen and oxygen atoms in total. The molecule has 0 heterocycles. The third-order valence-corrected chi connectivity index (χ3v) is 4.19. The molecule has 3 N–H and O–H groups in total. The van der Waals surface area contributed by atoms with Crippen LogP contribution < -0.4 is 15.2 Å². The summed E-state index contributed by atoms with van der Waals surface area (Å²) in [6.45, 7) is 0.508. The summed E-state index contributed by atoms with van der Waals surface area (Å²) in [5.74, 6) is 0.978. The zero-order valence-electron chi connectivity index (χ0n) is 9.64. The highest BCUT2D eigenvalue weighted by molar-refractivity contribution is 7.89. The Balaban J connectivity index is 2.16. The minimum atomic E-state index is -3.45. The molecule has 0 spiro atoms. The number of hydrogen-bond donors (Lipinski definition) is 2. The van der Waals surface area contributed by atoms with Gasteiger partial charge in [0, 0.05) is 6.54 Å². The zero-order chi connectivity index (χ0) is 12.5. The minimum absolute atomic E-state index is 0.177. The van der Waals surface area contributed by atoms with E-state index in [2.05, 4.69) is 4.72 Å². The number of sulfonamides is 1. The van der Waals surface area contributed by atoms with Gasteiger partial charge in [0.2, 0.25) is 10.0 Å². The van der Waals surface area contributed by atoms with Crippen LogP contribution >= 0.6 is 0 Å². The lowest BCUT2D eigenvalue weighted by Crippen LogP contribution is -2.25. The van der Waals surface area contributed by atoms with Crippen molar-refractivity contribution in [2.75, 3.05) is 19.4 Å². The molecule has 1 aromatic carbocycles. The summed E-state index contributed by atoms with van der Waals surface area (Å²) in [5.41, 5.74) is 6.00. The second-order valence-corrected chi connectivity index (χ2v) is 5.97. The molecule has 0 saturated heterocycles. The van der Waals surface area contributed by atoms with Gasteiger partial charge >= 0.3 is 0 Å². The molecule has 1 saturated carbocycles. The quantitative estimate of drug-likeness (QED) is 0.769. The van der Waals surface area contributed by atoms with Gasteiger partial charge in [-0.3, -0.25) is 0 Å². The smallest absolute Gasteiger partial charge is 0.240 e. The van der Waals surface area contributed by atoms with Gasteiger partial charge in [-0.05, 0) is 37.0 Å². The summed E-state index contributed by atoms with van der Waals surface area (Å²) in [7, 11) is -1.96. The first kappa shape index (κ1) is 12.2. The molecule has 0 aliphatic heterocycles. The summed E-state index contributed by atoms with van der Waals surface area (Å²) >= 11 is 0. The molecular formula is C11H16N2O3S. The van der Waals surface area contributed by atoms with Crippen molar-refractivity contribution < 1.29 is 13.2 Å². The van der Waals surface area contributed by atoms with Crippen LogP contribution in [0.15, 0.2) is 23.1 Å². The number of methoxy groups -OCH3 is 1. The van der Waals surface area contributed by atoms with E-state index in [1.807, 2.05) is 0 Å².